The van der Waals surface area contributed by atoms with Crippen molar-refractivity contribution >= 4 is 10.0 Å². The van der Waals surface area contributed by atoms with Crippen LogP contribution in [-0.2, 0) is 17.1 Å². The molecule has 136 valence electrons. The van der Waals surface area contributed by atoms with E-state index in [1.54, 1.807) is 17.7 Å². The molecule has 2 aromatic heterocycles. The molecule has 1 fully saturated rings. The molecular weight excluding hydrogens is 344 g/mol. The molecule has 3 heterocycles. The summed E-state index contributed by atoms with van der Waals surface area (Å²) in [5.41, 5.74) is 0.845. The molecule has 0 radical (unpaired) electrons. The van der Waals surface area contributed by atoms with E-state index in [9.17, 15) is 8.42 Å². The predicted octanol–water partition coefficient (Wildman–Crippen LogP) is -0.0962. The van der Waals surface area contributed by atoms with Gasteiger partial charge in [-0.1, -0.05) is 0 Å². The minimum absolute atomic E-state index is 0.102. The van der Waals surface area contributed by atoms with Crippen molar-refractivity contribution in [2.24, 2.45) is 7.05 Å². The SMILES string of the molecule is Cc1ccc(OCCN2CCN(S(=O)(=O)c3cn(C)cn3)CC2)nn1. The van der Waals surface area contributed by atoms with Crippen molar-refractivity contribution in [1.29, 1.82) is 0 Å². The molecule has 2 aromatic rings. The molecule has 9 nitrogen and oxygen atoms in total. The number of aryl methyl sites for hydroxylation is 2. The topological polar surface area (TPSA) is 93.5 Å². The van der Waals surface area contributed by atoms with Crippen LogP contribution in [0.5, 0.6) is 5.88 Å². The minimum Gasteiger partial charge on any atom is -0.475 e. The highest BCUT2D eigenvalue weighted by Crippen LogP contribution is 2.15. The van der Waals surface area contributed by atoms with Crippen LogP contribution >= 0.6 is 0 Å². The highest BCUT2D eigenvalue weighted by atomic mass is 32.2. The molecule has 0 unspecified atom stereocenters. The molecule has 0 spiro atoms. The molecule has 0 N–H and O–H groups in total. The van der Waals surface area contributed by atoms with E-state index in [2.05, 4.69) is 20.1 Å². The quantitative estimate of drug-likeness (QED) is 0.705. The highest BCUT2D eigenvalue weighted by molar-refractivity contribution is 7.89. The van der Waals surface area contributed by atoms with Crippen molar-refractivity contribution in [2.45, 2.75) is 11.9 Å². The zero-order valence-electron chi connectivity index (χ0n) is 14.4. The molecule has 25 heavy (non-hydrogen) atoms. The number of rotatable bonds is 6. The Balaban J connectivity index is 1.46. The predicted molar refractivity (Wildman–Crippen MR) is 90.7 cm³/mol. The molecule has 10 heteroatoms. The third kappa shape index (κ3) is 4.33. The Labute approximate surface area is 147 Å². The third-order valence-corrected chi connectivity index (χ3v) is 5.83. The zero-order valence-corrected chi connectivity index (χ0v) is 15.2. The fourth-order valence-corrected chi connectivity index (χ4v) is 3.98. The summed E-state index contributed by atoms with van der Waals surface area (Å²) in [4.78, 5) is 6.13. The van der Waals surface area contributed by atoms with Crippen molar-refractivity contribution in [3.05, 3.63) is 30.4 Å². The fourth-order valence-electron chi connectivity index (χ4n) is 2.59. The summed E-state index contributed by atoms with van der Waals surface area (Å²) in [5.74, 6) is 0.502. The summed E-state index contributed by atoms with van der Waals surface area (Å²) in [7, 11) is -1.75. The largest absolute Gasteiger partial charge is 0.475 e. The van der Waals surface area contributed by atoms with Crippen LogP contribution in [0.25, 0.3) is 0 Å². The molecular formula is C15H22N6O3S. The van der Waals surface area contributed by atoms with Gasteiger partial charge in [0, 0.05) is 52.0 Å². The number of nitrogens with zero attached hydrogens (tertiary/aromatic N) is 6. The van der Waals surface area contributed by atoms with E-state index in [1.165, 1.54) is 16.8 Å². The normalized spacial score (nSPS) is 16.9. The first-order chi connectivity index (χ1) is 11.9. The summed E-state index contributed by atoms with van der Waals surface area (Å²) in [6, 6.07) is 3.64. The van der Waals surface area contributed by atoms with Crippen LogP contribution in [0.2, 0.25) is 0 Å². The van der Waals surface area contributed by atoms with Gasteiger partial charge < -0.3 is 9.30 Å². The average molecular weight is 366 g/mol. The number of ether oxygens (including phenoxy) is 1. The Kier molecular flexibility index (Phi) is 5.30. The van der Waals surface area contributed by atoms with Gasteiger partial charge in [-0.3, -0.25) is 4.90 Å². The second kappa shape index (κ2) is 7.46. The molecule has 1 saturated heterocycles. The summed E-state index contributed by atoms with van der Waals surface area (Å²) < 4.78 is 33.7. The van der Waals surface area contributed by atoms with Crippen molar-refractivity contribution in [3.63, 3.8) is 0 Å². The van der Waals surface area contributed by atoms with E-state index in [-0.39, 0.29) is 5.03 Å². The Morgan fingerprint density at radius 1 is 1.16 bits per heavy atom. The summed E-state index contributed by atoms with van der Waals surface area (Å²) in [6.45, 7) is 5.30. The van der Waals surface area contributed by atoms with E-state index >= 15 is 0 Å². The van der Waals surface area contributed by atoms with E-state index in [1.807, 2.05) is 13.0 Å². The number of aromatic nitrogens is 4. The summed E-state index contributed by atoms with van der Waals surface area (Å²) in [6.07, 6.45) is 3.02. The Morgan fingerprint density at radius 2 is 1.92 bits per heavy atom. The lowest BCUT2D eigenvalue weighted by molar-refractivity contribution is 0.156. The monoisotopic (exact) mass is 366 g/mol. The molecule has 0 aliphatic carbocycles. The van der Waals surface area contributed by atoms with E-state index in [4.69, 9.17) is 4.74 Å². The van der Waals surface area contributed by atoms with Gasteiger partial charge in [-0.15, -0.1) is 5.10 Å². The number of hydrogen-bond donors (Lipinski definition) is 0. The maximum Gasteiger partial charge on any atom is 0.262 e. The number of hydrogen-bond acceptors (Lipinski definition) is 7. The van der Waals surface area contributed by atoms with Gasteiger partial charge in [-0.2, -0.15) is 9.40 Å². The van der Waals surface area contributed by atoms with Gasteiger partial charge in [-0.25, -0.2) is 13.4 Å². The van der Waals surface area contributed by atoms with Gasteiger partial charge in [0.15, 0.2) is 5.03 Å². The van der Waals surface area contributed by atoms with Crippen LogP contribution in [0.3, 0.4) is 0 Å². The first kappa shape index (κ1) is 17.8. The molecule has 3 rings (SSSR count). The molecule has 0 bridgehead atoms. The maximum atomic E-state index is 12.5. The van der Waals surface area contributed by atoms with Crippen molar-refractivity contribution in [1.82, 2.24) is 29.0 Å². The van der Waals surface area contributed by atoms with Crippen molar-refractivity contribution < 1.29 is 13.2 Å². The second-order valence-corrected chi connectivity index (χ2v) is 7.87. The summed E-state index contributed by atoms with van der Waals surface area (Å²) >= 11 is 0. The molecule has 0 saturated carbocycles. The molecule has 1 aliphatic heterocycles. The van der Waals surface area contributed by atoms with E-state index in [0.29, 0.717) is 45.2 Å². The smallest absolute Gasteiger partial charge is 0.262 e. The van der Waals surface area contributed by atoms with Crippen LogP contribution in [-0.4, -0.2) is 76.7 Å². The fraction of sp³-hybridized carbons (Fsp3) is 0.533. The standard InChI is InChI=1S/C15H22N6O3S/c1-13-3-4-14(18-17-13)24-10-9-20-5-7-21(8-6-20)25(22,23)15-11-19(2)12-16-15/h3-4,11-12H,5-10H2,1-2H3. The first-order valence-electron chi connectivity index (χ1n) is 8.09. The van der Waals surface area contributed by atoms with Gasteiger partial charge >= 0.3 is 0 Å². The van der Waals surface area contributed by atoms with Crippen LogP contribution in [0, 0.1) is 6.92 Å². The van der Waals surface area contributed by atoms with Gasteiger partial charge in [0.05, 0.1) is 12.0 Å². The second-order valence-electron chi connectivity index (χ2n) is 5.98. The first-order valence-corrected chi connectivity index (χ1v) is 9.53. The van der Waals surface area contributed by atoms with Gasteiger partial charge in [-0.05, 0) is 13.0 Å². The lowest BCUT2D eigenvalue weighted by Crippen LogP contribution is -2.49. The Bertz CT molecular complexity index is 797. The molecule has 0 aromatic carbocycles. The maximum absolute atomic E-state index is 12.5. The van der Waals surface area contributed by atoms with Crippen LogP contribution in [0.4, 0.5) is 0 Å². The Hall–Kier alpha value is -2.04. The molecule has 1 aliphatic rings. The van der Waals surface area contributed by atoms with E-state index < -0.39 is 10.0 Å². The van der Waals surface area contributed by atoms with Gasteiger partial charge in [0.25, 0.3) is 10.0 Å². The minimum atomic E-state index is -3.51. The van der Waals surface area contributed by atoms with Gasteiger partial charge in [0.1, 0.15) is 6.61 Å². The molecule has 0 amide bonds. The number of imidazole rings is 1. The van der Waals surface area contributed by atoms with Crippen LogP contribution in [0.15, 0.2) is 29.7 Å². The third-order valence-electron chi connectivity index (χ3n) is 4.05. The highest BCUT2D eigenvalue weighted by Gasteiger charge is 2.29. The number of sulfonamides is 1. The van der Waals surface area contributed by atoms with E-state index in [0.717, 1.165) is 5.69 Å². The lowest BCUT2D eigenvalue weighted by Gasteiger charge is -2.33. The van der Waals surface area contributed by atoms with Gasteiger partial charge in [0.2, 0.25) is 5.88 Å². The van der Waals surface area contributed by atoms with Crippen molar-refractivity contribution in [3.8, 4) is 5.88 Å². The Morgan fingerprint density at radius 3 is 2.52 bits per heavy atom. The van der Waals surface area contributed by atoms with Crippen LogP contribution < -0.4 is 4.74 Å². The number of piperazine rings is 1. The average Bonchev–Trinajstić information content (AvgIpc) is 3.04. The molecule has 0 atom stereocenters. The lowest BCUT2D eigenvalue weighted by atomic mass is 10.3. The summed E-state index contributed by atoms with van der Waals surface area (Å²) in [5, 5.41) is 8.00. The zero-order chi connectivity index (χ0) is 17.9. The van der Waals surface area contributed by atoms with Crippen molar-refractivity contribution in [2.75, 3.05) is 39.3 Å². The van der Waals surface area contributed by atoms with Crippen LogP contribution in [0.1, 0.15) is 5.69 Å².